The summed E-state index contributed by atoms with van der Waals surface area (Å²) in [5.41, 5.74) is 5.06. The first-order valence-corrected chi connectivity index (χ1v) is 29.5. The van der Waals surface area contributed by atoms with Crippen LogP contribution in [0.4, 0.5) is 17.5 Å². The number of amides is 4. The molecule has 78 heavy (non-hydrogen) atoms. The van der Waals surface area contributed by atoms with Gasteiger partial charge < -0.3 is 41.1 Å². The van der Waals surface area contributed by atoms with Crippen molar-refractivity contribution >= 4 is 61.8 Å². The van der Waals surface area contributed by atoms with Gasteiger partial charge in [-0.1, -0.05) is 43.5 Å². The van der Waals surface area contributed by atoms with Crippen molar-refractivity contribution in [2.24, 2.45) is 11.8 Å². The number of aryl methyl sites for hydroxylation is 2. The lowest BCUT2D eigenvalue weighted by Gasteiger charge is -2.35. The molecule has 3 aromatic heterocycles. The molecule has 5 aromatic rings. The second-order valence-electron chi connectivity index (χ2n) is 22.9. The summed E-state index contributed by atoms with van der Waals surface area (Å²) in [6.45, 7) is 12.7. The summed E-state index contributed by atoms with van der Waals surface area (Å²) in [4.78, 5) is 74.1. The van der Waals surface area contributed by atoms with Crippen molar-refractivity contribution in [2.45, 2.75) is 165 Å². The van der Waals surface area contributed by atoms with Gasteiger partial charge in [-0.05, 0) is 154 Å². The zero-order valence-electron chi connectivity index (χ0n) is 46.3. The summed E-state index contributed by atoms with van der Waals surface area (Å²) >= 11 is 0. The number of pyridine rings is 1. The van der Waals surface area contributed by atoms with Gasteiger partial charge in [0.05, 0.1) is 34.5 Å². The maximum atomic E-state index is 14.8. The lowest BCUT2D eigenvalue weighted by molar-refractivity contribution is -0.143. The van der Waals surface area contributed by atoms with Gasteiger partial charge in [0.15, 0.2) is 15.7 Å². The number of hydrogen-bond acceptors (Lipinski definition) is 14. The van der Waals surface area contributed by atoms with Gasteiger partial charge in [0.2, 0.25) is 17.7 Å². The van der Waals surface area contributed by atoms with Crippen LogP contribution >= 0.6 is 0 Å². The van der Waals surface area contributed by atoms with Crippen LogP contribution in [0, 0.1) is 25.7 Å². The van der Waals surface area contributed by atoms with Crippen LogP contribution in [0.15, 0.2) is 66.0 Å². The highest BCUT2D eigenvalue weighted by Gasteiger charge is 2.45. The summed E-state index contributed by atoms with van der Waals surface area (Å²) in [7, 11) is -2.12. The molecule has 6 N–H and O–H groups in total. The number of ether oxygens (including phenoxy) is 1. The normalized spacial score (nSPS) is 20.2. The zero-order chi connectivity index (χ0) is 55.3. The van der Waals surface area contributed by atoms with E-state index in [-0.39, 0.29) is 59.2 Å². The highest BCUT2D eigenvalue weighted by atomic mass is 32.2. The number of carbonyl (C=O) groups is 4. The molecule has 5 heterocycles. The zero-order valence-corrected chi connectivity index (χ0v) is 47.1. The second-order valence-corrected chi connectivity index (χ2v) is 25.6. The third-order valence-electron chi connectivity index (χ3n) is 16.7. The van der Waals surface area contributed by atoms with Crippen molar-refractivity contribution in [3.63, 3.8) is 0 Å². The van der Waals surface area contributed by atoms with E-state index in [2.05, 4.69) is 63.8 Å². The van der Waals surface area contributed by atoms with Crippen LogP contribution in [0.3, 0.4) is 0 Å². The highest BCUT2D eigenvalue weighted by molar-refractivity contribution is 7.92. The van der Waals surface area contributed by atoms with Gasteiger partial charge in [-0.3, -0.25) is 24.3 Å². The van der Waals surface area contributed by atoms with Gasteiger partial charge in [-0.25, -0.2) is 23.4 Å². The van der Waals surface area contributed by atoms with Gasteiger partial charge >= 0.3 is 0 Å². The average molecular weight is 1090 g/mol. The first kappa shape index (κ1) is 56.1. The molecule has 4 amide bonds. The standard InChI is InChI=1S/C58H78N12O7S/c1-35-36(2)67-68-52(35)66-53-44-30-49(78(75,76)58(4,5)6)48(31-46(44)61-34-62-53)77-28-14-15-38-24-26-69(27-25-38)50-23-22-41(32-60-50)55(72)63-42-29-47(56(73)64-45-21-13-19-39-16-11-12-20-43(39)45)70(33-42)57(74)51(40-17-9-8-10-18-40)65-54(71)37(3)59-7/h11-12,16,20,22-23,30-32,34,37-38,40,42,45,47,51,59H,8-10,13-15,17-19,21,24-29,33H2,1-7H3,(H,63,72)(H,64,73)(H,65,71)(H2,61,62,66,67,68)/t37-,42-,45+,47-,51-/m0/s1. The van der Waals surface area contributed by atoms with Crippen LogP contribution in [0.2, 0.25) is 0 Å². The van der Waals surface area contributed by atoms with Crippen LogP contribution in [-0.4, -0.2) is 124 Å². The topological polar surface area (TPSA) is 246 Å². The Hall–Kier alpha value is -6.67. The molecule has 0 unspecified atom stereocenters. The van der Waals surface area contributed by atoms with Crippen LogP contribution in [0.25, 0.3) is 10.9 Å². The number of fused-ring (bicyclic) bond motifs is 2. The van der Waals surface area contributed by atoms with E-state index in [1.54, 1.807) is 64.0 Å². The number of aromatic amines is 1. The fourth-order valence-corrected chi connectivity index (χ4v) is 12.9. The number of aromatic nitrogens is 5. The number of carbonyl (C=O) groups excluding carboxylic acids is 4. The van der Waals surface area contributed by atoms with Crippen LogP contribution in [-0.2, 0) is 30.6 Å². The minimum absolute atomic E-state index is 0.0612. The summed E-state index contributed by atoms with van der Waals surface area (Å²) in [5, 5.41) is 23.6. The van der Waals surface area contributed by atoms with E-state index in [1.807, 2.05) is 32.0 Å². The lowest BCUT2D eigenvalue weighted by Crippen LogP contribution is -2.58. The number of likely N-dealkylation sites (tertiary alicyclic amines) is 1. The van der Waals surface area contributed by atoms with Gasteiger partial charge in [-0.15, -0.1) is 0 Å². The molecule has 5 atom stereocenters. The Balaban J connectivity index is 0.809. The number of nitrogens with one attached hydrogen (secondary N) is 6. The summed E-state index contributed by atoms with van der Waals surface area (Å²) < 4.78 is 33.3. The summed E-state index contributed by atoms with van der Waals surface area (Å²) in [5.74, 6) is 1.29. The number of sulfone groups is 1. The predicted octanol–water partition coefficient (Wildman–Crippen LogP) is 7.32. The third kappa shape index (κ3) is 12.4. The van der Waals surface area contributed by atoms with E-state index < -0.39 is 38.8 Å². The Labute approximate surface area is 458 Å². The van der Waals surface area contributed by atoms with Crippen LogP contribution in [0.5, 0.6) is 5.75 Å². The molecule has 0 radical (unpaired) electrons. The van der Waals surface area contributed by atoms with E-state index in [0.29, 0.717) is 40.6 Å². The second kappa shape index (κ2) is 24.1. The molecular weight excluding hydrogens is 1010 g/mol. The van der Waals surface area contributed by atoms with Crippen molar-refractivity contribution in [2.75, 3.05) is 43.5 Å². The molecule has 2 aliphatic heterocycles. The predicted molar refractivity (Wildman–Crippen MR) is 300 cm³/mol. The number of rotatable bonds is 18. The minimum Gasteiger partial charge on any atom is -0.492 e. The van der Waals surface area contributed by atoms with E-state index in [4.69, 9.17) is 9.72 Å². The molecule has 20 heteroatoms. The fourth-order valence-electron chi connectivity index (χ4n) is 11.6. The molecular formula is C58H78N12O7S. The summed E-state index contributed by atoms with van der Waals surface area (Å²) in [6.07, 6.45) is 14.0. The van der Waals surface area contributed by atoms with E-state index in [1.165, 1.54) is 11.9 Å². The van der Waals surface area contributed by atoms with Crippen molar-refractivity contribution < 1.29 is 32.3 Å². The highest BCUT2D eigenvalue weighted by Crippen LogP contribution is 2.38. The quantitative estimate of drug-likeness (QED) is 0.0471. The Morgan fingerprint density at radius 2 is 1.67 bits per heavy atom. The molecule has 2 aromatic carbocycles. The fraction of sp³-hybridized carbons (Fsp3) is 0.552. The summed E-state index contributed by atoms with van der Waals surface area (Å²) in [6, 6.07) is 12.2. The van der Waals surface area contributed by atoms with Gasteiger partial charge in [0.1, 0.15) is 40.7 Å². The average Bonchev–Trinajstić information content (AvgIpc) is 4.07. The van der Waals surface area contributed by atoms with E-state index in [0.717, 1.165) is 113 Å². The van der Waals surface area contributed by atoms with E-state index in [9.17, 15) is 27.6 Å². The Bertz CT molecular complexity index is 3070. The molecule has 0 bridgehead atoms. The monoisotopic (exact) mass is 1090 g/mol. The number of anilines is 3. The largest absolute Gasteiger partial charge is 0.492 e. The molecule has 19 nitrogen and oxygen atoms in total. The smallest absolute Gasteiger partial charge is 0.253 e. The maximum absolute atomic E-state index is 14.8. The lowest BCUT2D eigenvalue weighted by atomic mass is 9.83. The Morgan fingerprint density at radius 1 is 0.897 bits per heavy atom. The van der Waals surface area contributed by atoms with E-state index >= 15 is 0 Å². The molecule has 3 fully saturated rings. The molecule has 2 saturated heterocycles. The van der Waals surface area contributed by atoms with Gasteiger partial charge in [0.25, 0.3) is 5.91 Å². The molecule has 9 rings (SSSR count). The Morgan fingerprint density at radius 3 is 2.37 bits per heavy atom. The van der Waals surface area contributed by atoms with Crippen molar-refractivity contribution in [3.8, 4) is 5.75 Å². The molecule has 2 aliphatic carbocycles. The number of piperidine rings is 1. The van der Waals surface area contributed by atoms with Gasteiger partial charge in [-0.2, -0.15) is 5.10 Å². The first-order valence-electron chi connectivity index (χ1n) is 28.0. The van der Waals surface area contributed by atoms with Crippen LogP contribution < -0.4 is 36.2 Å². The third-order valence-corrected chi connectivity index (χ3v) is 19.2. The number of H-pyrrole nitrogens is 1. The SMILES string of the molecule is CN[C@@H](C)C(=O)N[C@H](C(=O)N1C[C@@H](NC(=O)c2ccc(N3CCC(CCCOc4cc5ncnc(Nc6n[nH]c(C)c6C)c5cc4S(=O)(=O)C(C)(C)C)CC3)nc2)C[C@H]1C(=O)N[C@@H]1CCCc2ccccc21)C1CCCCC1. The van der Waals surface area contributed by atoms with Crippen molar-refractivity contribution in [1.29, 1.82) is 0 Å². The molecule has 1 saturated carbocycles. The van der Waals surface area contributed by atoms with Crippen LogP contribution in [0.1, 0.15) is 144 Å². The molecule has 418 valence electrons. The van der Waals surface area contributed by atoms with Gasteiger partial charge in [0, 0.05) is 54.6 Å². The first-order chi connectivity index (χ1) is 37.4. The number of nitrogens with zero attached hydrogens (tertiary/aromatic N) is 6. The number of benzene rings is 2. The molecule has 0 spiro atoms. The number of likely N-dealkylation sites (N-methyl/N-ethyl adjacent to an activating group) is 1. The maximum Gasteiger partial charge on any atom is 0.253 e. The molecule has 4 aliphatic rings. The Kier molecular flexibility index (Phi) is 17.4. The number of hydrogen-bond donors (Lipinski definition) is 6. The van der Waals surface area contributed by atoms with Crippen molar-refractivity contribution in [1.82, 2.24) is 51.3 Å². The van der Waals surface area contributed by atoms with Crippen molar-refractivity contribution in [3.05, 3.63) is 89.0 Å². The minimum atomic E-state index is -3.83.